The molecule has 0 bridgehead atoms. The first kappa shape index (κ1) is 17.5. The van der Waals surface area contributed by atoms with E-state index in [1.54, 1.807) is 30.6 Å². The molecular weight excluding hydrogens is 367 g/mol. The summed E-state index contributed by atoms with van der Waals surface area (Å²) >= 11 is 0. The van der Waals surface area contributed by atoms with Crippen LogP contribution in [0.2, 0.25) is 0 Å². The van der Waals surface area contributed by atoms with Gasteiger partial charge in [-0.25, -0.2) is 19.0 Å². The number of nitrogens with zero attached hydrogens (tertiary/aromatic N) is 6. The Balaban J connectivity index is 1.77. The van der Waals surface area contributed by atoms with Crippen LogP contribution in [-0.2, 0) is 11.3 Å². The van der Waals surface area contributed by atoms with Gasteiger partial charge in [-0.05, 0) is 17.7 Å². The third-order valence-corrected chi connectivity index (χ3v) is 4.10. The average Bonchev–Trinajstić information content (AvgIpc) is 3.27. The lowest BCUT2D eigenvalue weighted by molar-refractivity contribution is -0.137. The molecule has 0 saturated heterocycles. The Morgan fingerprint density at radius 2 is 1.89 bits per heavy atom. The highest BCUT2D eigenvalue weighted by Gasteiger charge is 2.17. The zero-order valence-corrected chi connectivity index (χ0v) is 14.6. The first-order valence-corrected chi connectivity index (χ1v) is 8.18. The number of aromatic nitrogens is 6. The molecule has 0 aliphatic rings. The Morgan fingerprint density at radius 3 is 2.57 bits per heavy atom. The maximum absolute atomic E-state index is 13.0. The highest BCUT2D eigenvalue weighted by atomic mass is 19.1. The van der Waals surface area contributed by atoms with Crippen molar-refractivity contribution in [1.82, 2.24) is 29.5 Å². The second kappa shape index (κ2) is 6.65. The van der Waals surface area contributed by atoms with Crippen LogP contribution in [0.15, 0.2) is 43.0 Å². The summed E-state index contributed by atoms with van der Waals surface area (Å²) in [6.07, 6.45) is 5.35. The zero-order chi connectivity index (χ0) is 19.8. The number of carbonyl (C=O) groups is 2. The molecule has 9 nitrogen and oxygen atoms in total. The van der Waals surface area contributed by atoms with Crippen molar-refractivity contribution in [1.29, 1.82) is 0 Å². The van der Waals surface area contributed by atoms with Crippen LogP contribution < -0.4 is 0 Å². The van der Waals surface area contributed by atoms with Crippen molar-refractivity contribution in [3.63, 3.8) is 0 Å². The Morgan fingerprint density at radius 1 is 1.14 bits per heavy atom. The maximum Gasteiger partial charge on any atom is 0.325 e. The van der Waals surface area contributed by atoms with E-state index >= 15 is 0 Å². The molecule has 0 amide bonds. The Labute approximate surface area is 157 Å². The van der Waals surface area contributed by atoms with Crippen molar-refractivity contribution in [3.05, 3.63) is 54.5 Å². The van der Waals surface area contributed by atoms with Gasteiger partial charge in [-0.1, -0.05) is 6.07 Å². The molecule has 28 heavy (non-hydrogen) atoms. The molecule has 1 aromatic carbocycles. The summed E-state index contributed by atoms with van der Waals surface area (Å²) < 4.78 is 15.7. The van der Waals surface area contributed by atoms with Crippen LogP contribution in [0.4, 0.5) is 4.39 Å². The number of Topliss-reactive ketones (excluding diaryl/α,β-unsaturated/α-hetero) is 1. The lowest BCUT2D eigenvalue weighted by Crippen LogP contribution is -2.10. The quantitative estimate of drug-likeness (QED) is 0.527. The first-order chi connectivity index (χ1) is 13.4. The van der Waals surface area contributed by atoms with Crippen molar-refractivity contribution in [2.24, 2.45) is 0 Å². The molecule has 0 fully saturated rings. The number of rotatable bonds is 5. The van der Waals surface area contributed by atoms with Crippen LogP contribution >= 0.6 is 0 Å². The number of carboxylic acid groups (broad SMARTS) is 1. The van der Waals surface area contributed by atoms with Gasteiger partial charge in [-0.15, -0.1) is 0 Å². The topological polar surface area (TPSA) is 116 Å². The summed E-state index contributed by atoms with van der Waals surface area (Å²) in [5.41, 5.74) is 2.21. The molecule has 0 saturated carbocycles. The molecule has 3 heterocycles. The number of carboxylic acids is 1. The van der Waals surface area contributed by atoms with Gasteiger partial charge in [-0.3, -0.25) is 14.3 Å². The van der Waals surface area contributed by atoms with Crippen molar-refractivity contribution in [2.75, 3.05) is 0 Å². The number of ketones is 1. The number of halogens is 1. The Bertz CT molecular complexity index is 1210. The van der Waals surface area contributed by atoms with E-state index in [1.807, 2.05) is 0 Å². The summed E-state index contributed by atoms with van der Waals surface area (Å²) in [5.74, 6) is -1.64. The van der Waals surface area contributed by atoms with Crippen molar-refractivity contribution in [2.45, 2.75) is 13.5 Å². The fraction of sp³-hybridized carbons (Fsp3) is 0.111. The van der Waals surface area contributed by atoms with E-state index in [1.165, 1.54) is 16.3 Å². The number of aliphatic carboxylic acids is 1. The highest BCUT2D eigenvalue weighted by Crippen LogP contribution is 2.27. The zero-order valence-electron chi connectivity index (χ0n) is 14.6. The Kier molecular flexibility index (Phi) is 4.15. The largest absolute Gasteiger partial charge is 0.480 e. The Hall–Kier alpha value is -3.95. The van der Waals surface area contributed by atoms with Crippen LogP contribution in [-0.4, -0.2) is 46.4 Å². The summed E-state index contributed by atoms with van der Waals surface area (Å²) in [7, 11) is 0. The van der Waals surface area contributed by atoms with Gasteiger partial charge in [0.05, 0.1) is 24.1 Å². The molecule has 10 heteroatoms. The van der Waals surface area contributed by atoms with E-state index in [-0.39, 0.29) is 24.0 Å². The van der Waals surface area contributed by atoms with Gasteiger partial charge in [-0.2, -0.15) is 10.2 Å². The van der Waals surface area contributed by atoms with Gasteiger partial charge in [0.15, 0.2) is 11.6 Å². The molecule has 4 aromatic rings. The molecule has 3 aromatic heterocycles. The molecular formula is C18H13FN6O3. The molecule has 140 valence electrons. The molecule has 0 aliphatic carbocycles. The van der Waals surface area contributed by atoms with Gasteiger partial charge in [0.25, 0.3) is 5.95 Å². The normalized spacial score (nSPS) is 11.1. The molecule has 0 spiro atoms. The third kappa shape index (κ3) is 3.11. The molecule has 0 radical (unpaired) electrons. The van der Waals surface area contributed by atoms with E-state index < -0.39 is 11.8 Å². The standard InChI is InChI=1S/C18H13FN6O3/c1-10(26)17-14-4-11(2-3-15(14)24(23-17)9-16(27)28)12-5-22-25(8-12)18-20-6-13(19)7-21-18/h2-8H,9H2,1H3,(H,27,28). The number of hydrogen-bond acceptors (Lipinski definition) is 6. The van der Waals surface area contributed by atoms with Crippen LogP contribution in [0.3, 0.4) is 0 Å². The summed E-state index contributed by atoms with van der Waals surface area (Å²) in [6, 6.07) is 5.24. The van der Waals surface area contributed by atoms with Crippen LogP contribution in [0.25, 0.3) is 28.0 Å². The highest BCUT2D eigenvalue weighted by molar-refractivity contribution is 6.06. The lowest BCUT2D eigenvalue weighted by Gasteiger charge is -2.01. The van der Waals surface area contributed by atoms with Crippen molar-refractivity contribution >= 4 is 22.7 Å². The van der Waals surface area contributed by atoms with E-state index in [0.29, 0.717) is 10.9 Å². The first-order valence-electron chi connectivity index (χ1n) is 8.18. The van der Waals surface area contributed by atoms with E-state index in [0.717, 1.165) is 23.5 Å². The van der Waals surface area contributed by atoms with Crippen molar-refractivity contribution < 1.29 is 19.1 Å². The molecule has 1 N–H and O–H groups in total. The van der Waals surface area contributed by atoms with Crippen molar-refractivity contribution in [3.8, 4) is 17.1 Å². The number of fused-ring (bicyclic) bond motifs is 1. The SMILES string of the molecule is CC(=O)c1nn(CC(=O)O)c2ccc(-c3cnn(-c4ncc(F)cn4)c3)cc12. The molecule has 0 atom stereocenters. The summed E-state index contributed by atoms with van der Waals surface area (Å²) in [6.45, 7) is 1.03. The fourth-order valence-electron chi connectivity index (χ4n) is 2.87. The van der Waals surface area contributed by atoms with Gasteiger partial charge >= 0.3 is 5.97 Å². The monoisotopic (exact) mass is 380 g/mol. The minimum Gasteiger partial charge on any atom is -0.480 e. The minimum atomic E-state index is -1.05. The third-order valence-electron chi connectivity index (χ3n) is 4.10. The predicted molar refractivity (Wildman–Crippen MR) is 95.5 cm³/mol. The predicted octanol–water partition coefficient (Wildman–Crippen LogP) is 2.11. The van der Waals surface area contributed by atoms with Crippen LogP contribution in [0.1, 0.15) is 17.4 Å². The fourth-order valence-corrected chi connectivity index (χ4v) is 2.87. The van der Waals surface area contributed by atoms with Crippen LogP contribution in [0, 0.1) is 5.82 Å². The molecule has 4 rings (SSSR count). The summed E-state index contributed by atoms with van der Waals surface area (Å²) in [4.78, 5) is 30.7. The number of benzene rings is 1. The molecule has 0 aliphatic heterocycles. The van der Waals surface area contributed by atoms with Gasteiger partial charge < -0.3 is 5.11 Å². The van der Waals surface area contributed by atoms with E-state index in [4.69, 9.17) is 5.11 Å². The van der Waals surface area contributed by atoms with E-state index in [9.17, 15) is 14.0 Å². The second-order valence-corrected chi connectivity index (χ2v) is 6.06. The number of carbonyl (C=O) groups excluding carboxylic acids is 1. The van der Waals surface area contributed by atoms with E-state index in [2.05, 4.69) is 20.2 Å². The lowest BCUT2D eigenvalue weighted by atomic mass is 10.1. The smallest absolute Gasteiger partial charge is 0.325 e. The van der Waals surface area contributed by atoms with Gasteiger partial charge in [0.2, 0.25) is 0 Å². The van der Waals surface area contributed by atoms with Gasteiger partial charge in [0, 0.05) is 24.1 Å². The van der Waals surface area contributed by atoms with Crippen LogP contribution in [0.5, 0.6) is 0 Å². The maximum atomic E-state index is 13.0. The average molecular weight is 380 g/mol. The number of hydrogen-bond donors (Lipinski definition) is 1. The molecule has 0 unspecified atom stereocenters. The van der Waals surface area contributed by atoms with Gasteiger partial charge in [0.1, 0.15) is 12.2 Å². The summed E-state index contributed by atoms with van der Waals surface area (Å²) in [5, 5.41) is 17.9. The second-order valence-electron chi connectivity index (χ2n) is 6.06. The minimum absolute atomic E-state index is 0.201.